The highest BCUT2D eigenvalue weighted by atomic mass is 16.5. The molecule has 1 amide bonds. The number of aromatic nitrogens is 1. The normalized spacial score (nSPS) is 18.3. The zero-order valence-electron chi connectivity index (χ0n) is 12.3. The first-order valence-electron chi connectivity index (χ1n) is 7.23. The third-order valence-corrected chi connectivity index (χ3v) is 3.56. The fourth-order valence-corrected chi connectivity index (χ4v) is 2.52. The Morgan fingerprint density at radius 3 is 3.20 bits per heavy atom. The molecule has 1 aliphatic heterocycles. The molecule has 5 heteroatoms. The molecule has 1 N–H and O–H groups in total. The second-order valence-corrected chi connectivity index (χ2v) is 5.19. The van der Waals surface area contributed by atoms with Gasteiger partial charge in [-0.1, -0.05) is 6.92 Å². The molecule has 0 radical (unpaired) electrons. The van der Waals surface area contributed by atoms with Crippen LogP contribution in [0.25, 0.3) is 0 Å². The van der Waals surface area contributed by atoms with E-state index in [9.17, 15) is 4.79 Å². The lowest BCUT2D eigenvalue weighted by Gasteiger charge is -2.18. The molecule has 1 saturated heterocycles. The average molecular weight is 277 g/mol. The van der Waals surface area contributed by atoms with Gasteiger partial charge >= 0.3 is 0 Å². The molecule has 1 fully saturated rings. The fourth-order valence-electron chi connectivity index (χ4n) is 2.52. The van der Waals surface area contributed by atoms with Crippen LogP contribution in [0.3, 0.4) is 0 Å². The predicted octanol–water partition coefficient (Wildman–Crippen LogP) is 2.01. The van der Waals surface area contributed by atoms with Crippen molar-refractivity contribution >= 4 is 11.7 Å². The van der Waals surface area contributed by atoms with Crippen LogP contribution in [0.4, 0.5) is 5.82 Å². The summed E-state index contributed by atoms with van der Waals surface area (Å²) in [6, 6.07) is 3.66. The van der Waals surface area contributed by atoms with Gasteiger partial charge < -0.3 is 15.0 Å². The number of pyridine rings is 1. The van der Waals surface area contributed by atoms with Gasteiger partial charge in [-0.2, -0.15) is 0 Å². The molecule has 0 spiro atoms. The molecule has 5 nitrogen and oxygen atoms in total. The second kappa shape index (κ2) is 7.24. The number of nitrogens with zero attached hydrogens (tertiary/aromatic N) is 2. The molecule has 1 aliphatic rings. The van der Waals surface area contributed by atoms with E-state index in [4.69, 9.17) is 4.74 Å². The Morgan fingerprint density at radius 2 is 2.45 bits per heavy atom. The lowest BCUT2D eigenvalue weighted by molar-refractivity contribution is 0.0776. The Labute approximate surface area is 120 Å². The standard InChI is InChI=1S/C15H23N3O2/c1-3-7-16-14-13(5-4-8-17-14)15(19)18-9-6-12(10-18)11-20-2/h4-5,8,12H,3,6-7,9-11H2,1-2H3,(H,16,17). The molecule has 0 aromatic carbocycles. The van der Waals surface area contributed by atoms with Gasteiger partial charge in [0.05, 0.1) is 12.2 Å². The number of amides is 1. The van der Waals surface area contributed by atoms with Crippen molar-refractivity contribution in [2.45, 2.75) is 19.8 Å². The maximum Gasteiger partial charge on any atom is 0.257 e. The van der Waals surface area contributed by atoms with Gasteiger partial charge in [0.15, 0.2) is 0 Å². The number of rotatable bonds is 6. The van der Waals surface area contributed by atoms with Crippen molar-refractivity contribution in [3.63, 3.8) is 0 Å². The first kappa shape index (κ1) is 14.8. The summed E-state index contributed by atoms with van der Waals surface area (Å²) in [5.41, 5.74) is 0.666. The molecule has 20 heavy (non-hydrogen) atoms. The summed E-state index contributed by atoms with van der Waals surface area (Å²) in [5, 5.41) is 3.22. The van der Waals surface area contributed by atoms with Crippen LogP contribution in [0.15, 0.2) is 18.3 Å². The lowest BCUT2D eigenvalue weighted by Crippen LogP contribution is -2.30. The average Bonchev–Trinajstić information content (AvgIpc) is 2.94. The van der Waals surface area contributed by atoms with Crippen molar-refractivity contribution in [2.75, 3.05) is 38.7 Å². The molecule has 1 aromatic heterocycles. The Bertz CT molecular complexity index is 450. The van der Waals surface area contributed by atoms with E-state index >= 15 is 0 Å². The van der Waals surface area contributed by atoms with Crippen molar-refractivity contribution in [2.24, 2.45) is 5.92 Å². The van der Waals surface area contributed by atoms with E-state index in [0.29, 0.717) is 17.3 Å². The van der Waals surface area contributed by atoms with Crippen LogP contribution >= 0.6 is 0 Å². The third kappa shape index (κ3) is 3.48. The number of nitrogens with one attached hydrogen (secondary N) is 1. The van der Waals surface area contributed by atoms with Crippen LogP contribution < -0.4 is 5.32 Å². The molecular weight excluding hydrogens is 254 g/mol. The molecule has 0 saturated carbocycles. The molecule has 110 valence electrons. The second-order valence-electron chi connectivity index (χ2n) is 5.19. The van der Waals surface area contributed by atoms with Gasteiger partial charge in [0, 0.05) is 38.9 Å². The Balaban J connectivity index is 2.05. The Hall–Kier alpha value is -1.62. The summed E-state index contributed by atoms with van der Waals surface area (Å²) < 4.78 is 5.17. The maximum atomic E-state index is 12.6. The first-order valence-corrected chi connectivity index (χ1v) is 7.23. The maximum absolute atomic E-state index is 12.6. The summed E-state index contributed by atoms with van der Waals surface area (Å²) in [6.45, 7) is 5.21. The summed E-state index contributed by atoms with van der Waals surface area (Å²) >= 11 is 0. The minimum absolute atomic E-state index is 0.0651. The highest BCUT2D eigenvalue weighted by Gasteiger charge is 2.28. The molecule has 1 atom stereocenters. The molecule has 2 rings (SSSR count). The molecular formula is C15H23N3O2. The number of carbonyl (C=O) groups is 1. The number of carbonyl (C=O) groups excluding carboxylic acids is 1. The molecule has 1 aromatic rings. The monoisotopic (exact) mass is 277 g/mol. The van der Waals surface area contributed by atoms with Gasteiger partial charge in [0.25, 0.3) is 5.91 Å². The summed E-state index contributed by atoms with van der Waals surface area (Å²) in [7, 11) is 1.71. The van der Waals surface area contributed by atoms with Crippen LogP contribution in [-0.4, -0.2) is 49.1 Å². The third-order valence-electron chi connectivity index (χ3n) is 3.56. The molecule has 1 unspecified atom stereocenters. The quantitative estimate of drug-likeness (QED) is 0.864. The van der Waals surface area contributed by atoms with E-state index in [-0.39, 0.29) is 5.91 Å². The number of likely N-dealkylation sites (tertiary alicyclic amines) is 1. The SMILES string of the molecule is CCCNc1ncccc1C(=O)N1CCC(COC)C1. The van der Waals surface area contributed by atoms with Crippen LogP contribution in [0.1, 0.15) is 30.1 Å². The zero-order chi connectivity index (χ0) is 14.4. The number of hydrogen-bond acceptors (Lipinski definition) is 4. The number of anilines is 1. The van der Waals surface area contributed by atoms with E-state index in [1.165, 1.54) is 0 Å². The first-order chi connectivity index (χ1) is 9.76. The van der Waals surface area contributed by atoms with Crippen molar-refractivity contribution in [3.05, 3.63) is 23.9 Å². The lowest BCUT2D eigenvalue weighted by atomic mass is 10.1. The van der Waals surface area contributed by atoms with E-state index in [0.717, 1.165) is 39.1 Å². The highest BCUT2D eigenvalue weighted by molar-refractivity contribution is 5.98. The van der Waals surface area contributed by atoms with E-state index in [1.807, 2.05) is 17.0 Å². The van der Waals surface area contributed by atoms with E-state index < -0.39 is 0 Å². The van der Waals surface area contributed by atoms with Gasteiger partial charge in [-0.05, 0) is 25.0 Å². The van der Waals surface area contributed by atoms with Crippen molar-refractivity contribution in [3.8, 4) is 0 Å². The number of methoxy groups -OCH3 is 1. The molecule has 0 aliphatic carbocycles. The van der Waals surface area contributed by atoms with E-state index in [2.05, 4.69) is 17.2 Å². The van der Waals surface area contributed by atoms with Gasteiger partial charge in [-0.15, -0.1) is 0 Å². The number of ether oxygens (including phenoxy) is 1. The van der Waals surface area contributed by atoms with Crippen LogP contribution in [0.2, 0.25) is 0 Å². The van der Waals surface area contributed by atoms with Gasteiger partial charge in [-0.25, -0.2) is 4.98 Å². The Morgan fingerprint density at radius 1 is 1.60 bits per heavy atom. The zero-order valence-corrected chi connectivity index (χ0v) is 12.3. The minimum Gasteiger partial charge on any atom is -0.384 e. The Kier molecular flexibility index (Phi) is 5.35. The van der Waals surface area contributed by atoms with Crippen molar-refractivity contribution < 1.29 is 9.53 Å². The summed E-state index contributed by atoms with van der Waals surface area (Å²) in [5.74, 6) is 1.21. The smallest absolute Gasteiger partial charge is 0.257 e. The van der Waals surface area contributed by atoms with Crippen LogP contribution in [0, 0.1) is 5.92 Å². The number of hydrogen-bond donors (Lipinski definition) is 1. The molecule has 2 heterocycles. The van der Waals surface area contributed by atoms with Gasteiger partial charge in [0.1, 0.15) is 5.82 Å². The summed E-state index contributed by atoms with van der Waals surface area (Å²) in [6.07, 6.45) is 3.73. The topological polar surface area (TPSA) is 54.5 Å². The largest absolute Gasteiger partial charge is 0.384 e. The molecule has 0 bridgehead atoms. The summed E-state index contributed by atoms with van der Waals surface area (Å²) in [4.78, 5) is 18.8. The van der Waals surface area contributed by atoms with Gasteiger partial charge in [0.2, 0.25) is 0 Å². The van der Waals surface area contributed by atoms with Crippen LogP contribution in [0.5, 0.6) is 0 Å². The van der Waals surface area contributed by atoms with Crippen molar-refractivity contribution in [1.29, 1.82) is 0 Å². The van der Waals surface area contributed by atoms with Crippen LogP contribution in [-0.2, 0) is 4.74 Å². The predicted molar refractivity (Wildman–Crippen MR) is 78.9 cm³/mol. The highest BCUT2D eigenvalue weighted by Crippen LogP contribution is 2.21. The van der Waals surface area contributed by atoms with Gasteiger partial charge in [-0.3, -0.25) is 4.79 Å². The minimum atomic E-state index is 0.0651. The fraction of sp³-hybridized carbons (Fsp3) is 0.600. The van der Waals surface area contributed by atoms with Crippen molar-refractivity contribution in [1.82, 2.24) is 9.88 Å². The van der Waals surface area contributed by atoms with E-state index in [1.54, 1.807) is 13.3 Å².